The van der Waals surface area contributed by atoms with E-state index in [1.807, 2.05) is 31.2 Å². The van der Waals surface area contributed by atoms with Gasteiger partial charge in [-0.25, -0.2) is 18.4 Å². The standard InChI is InChI=1S/C18H22N4O3S/c1-13-4-3-5-14(8-13)9-19-17(23)15-10-20-18(21-11-15)22(2)16-6-7-26(24,25)12-16/h3-5,8,10-11,16H,6-7,9,12H2,1-2H3,(H,19,23). The maximum atomic E-state index is 12.2. The van der Waals surface area contributed by atoms with Crippen molar-refractivity contribution in [3.8, 4) is 0 Å². The first kappa shape index (κ1) is 18.3. The van der Waals surface area contributed by atoms with E-state index in [0.29, 0.717) is 24.5 Å². The minimum absolute atomic E-state index is 0.117. The number of sulfone groups is 1. The highest BCUT2D eigenvalue weighted by molar-refractivity contribution is 7.91. The fraction of sp³-hybridized carbons (Fsp3) is 0.389. The van der Waals surface area contributed by atoms with Gasteiger partial charge in [0.05, 0.1) is 17.1 Å². The fourth-order valence-corrected chi connectivity index (χ4v) is 4.75. The quantitative estimate of drug-likeness (QED) is 0.849. The van der Waals surface area contributed by atoms with Crippen molar-refractivity contribution in [1.29, 1.82) is 0 Å². The van der Waals surface area contributed by atoms with E-state index in [1.165, 1.54) is 12.4 Å². The molecule has 2 heterocycles. The highest BCUT2D eigenvalue weighted by Gasteiger charge is 2.31. The van der Waals surface area contributed by atoms with Crippen LogP contribution < -0.4 is 10.2 Å². The van der Waals surface area contributed by atoms with E-state index in [0.717, 1.165) is 11.1 Å². The molecule has 1 unspecified atom stereocenters. The first-order valence-electron chi connectivity index (χ1n) is 8.43. The molecule has 2 aromatic rings. The first-order valence-corrected chi connectivity index (χ1v) is 10.3. The van der Waals surface area contributed by atoms with Gasteiger partial charge in [-0.15, -0.1) is 0 Å². The average Bonchev–Trinajstić information content (AvgIpc) is 2.99. The number of benzene rings is 1. The summed E-state index contributed by atoms with van der Waals surface area (Å²) in [6, 6.07) is 7.81. The highest BCUT2D eigenvalue weighted by Crippen LogP contribution is 2.19. The molecule has 1 amide bonds. The molecule has 7 nitrogen and oxygen atoms in total. The number of aromatic nitrogens is 2. The molecule has 1 fully saturated rings. The fourth-order valence-electron chi connectivity index (χ4n) is 2.97. The summed E-state index contributed by atoms with van der Waals surface area (Å²) in [4.78, 5) is 22.4. The molecule has 0 saturated carbocycles. The summed E-state index contributed by atoms with van der Waals surface area (Å²) in [5.74, 6) is 0.485. The monoisotopic (exact) mass is 374 g/mol. The molecule has 0 radical (unpaired) electrons. The number of nitrogens with zero attached hydrogens (tertiary/aromatic N) is 3. The van der Waals surface area contributed by atoms with Crippen molar-refractivity contribution in [2.45, 2.75) is 25.9 Å². The lowest BCUT2D eigenvalue weighted by molar-refractivity contribution is 0.0950. The van der Waals surface area contributed by atoms with E-state index in [9.17, 15) is 13.2 Å². The zero-order chi connectivity index (χ0) is 18.7. The molecule has 1 N–H and O–H groups in total. The predicted octanol–water partition coefficient (Wildman–Crippen LogP) is 1.34. The van der Waals surface area contributed by atoms with Gasteiger partial charge in [-0.05, 0) is 18.9 Å². The van der Waals surface area contributed by atoms with E-state index in [2.05, 4.69) is 15.3 Å². The van der Waals surface area contributed by atoms with Gasteiger partial charge in [0.2, 0.25) is 5.95 Å². The van der Waals surface area contributed by atoms with Gasteiger partial charge in [-0.1, -0.05) is 29.8 Å². The Morgan fingerprint density at radius 3 is 2.65 bits per heavy atom. The molecule has 1 aliphatic rings. The number of amides is 1. The zero-order valence-electron chi connectivity index (χ0n) is 14.8. The van der Waals surface area contributed by atoms with Crippen molar-refractivity contribution < 1.29 is 13.2 Å². The second kappa shape index (κ2) is 7.41. The van der Waals surface area contributed by atoms with Crippen molar-refractivity contribution in [3.05, 3.63) is 53.3 Å². The average molecular weight is 374 g/mol. The number of hydrogen-bond acceptors (Lipinski definition) is 6. The van der Waals surface area contributed by atoms with Crippen LogP contribution in [0.3, 0.4) is 0 Å². The summed E-state index contributed by atoms with van der Waals surface area (Å²) in [6.45, 7) is 2.44. The van der Waals surface area contributed by atoms with Crippen LogP contribution >= 0.6 is 0 Å². The Balaban J connectivity index is 1.61. The second-order valence-electron chi connectivity index (χ2n) is 6.61. The van der Waals surface area contributed by atoms with Crippen LogP contribution in [0.25, 0.3) is 0 Å². The topological polar surface area (TPSA) is 92.3 Å². The third kappa shape index (κ3) is 4.37. The molecule has 1 atom stereocenters. The maximum Gasteiger partial charge on any atom is 0.254 e. The van der Waals surface area contributed by atoms with E-state index in [1.54, 1.807) is 11.9 Å². The van der Waals surface area contributed by atoms with Crippen molar-refractivity contribution in [2.75, 3.05) is 23.5 Å². The van der Waals surface area contributed by atoms with Gasteiger partial charge in [0, 0.05) is 32.0 Å². The van der Waals surface area contributed by atoms with Crippen LogP contribution in [0.1, 0.15) is 27.9 Å². The summed E-state index contributed by atoms with van der Waals surface area (Å²) < 4.78 is 23.2. The smallest absolute Gasteiger partial charge is 0.254 e. The van der Waals surface area contributed by atoms with Gasteiger partial charge in [-0.3, -0.25) is 4.79 Å². The first-order chi connectivity index (χ1) is 12.3. The molecule has 0 aliphatic carbocycles. The van der Waals surface area contributed by atoms with Gasteiger partial charge in [0.25, 0.3) is 5.91 Å². The molecule has 1 aromatic carbocycles. The molecule has 8 heteroatoms. The Kier molecular flexibility index (Phi) is 5.22. The number of carbonyl (C=O) groups is 1. The summed E-state index contributed by atoms with van der Waals surface area (Å²) in [7, 11) is -1.19. The summed E-state index contributed by atoms with van der Waals surface area (Å²) in [5, 5.41) is 2.85. The van der Waals surface area contributed by atoms with Crippen LogP contribution in [0.2, 0.25) is 0 Å². The van der Waals surface area contributed by atoms with E-state index < -0.39 is 9.84 Å². The second-order valence-corrected chi connectivity index (χ2v) is 8.84. The Labute approximate surface area is 153 Å². The zero-order valence-corrected chi connectivity index (χ0v) is 15.7. The van der Waals surface area contributed by atoms with E-state index >= 15 is 0 Å². The van der Waals surface area contributed by atoms with Crippen molar-refractivity contribution >= 4 is 21.7 Å². The molecule has 1 aliphatic heterocycles. The van der Waals surface area contributed by atoms with E-state index in [-0.39, 0.29) is 23.5 Å². The van der Waals surface area contributed by atoms with Crippen molar-refractivity contribution in [1.82, 2.24) is 15.3 Å². The van der Waals surface area contributed by atoms with Gasteiger partial charge in [0.15, 0.2) is 9.84 Å². The Hall–Kier alpha value is -2.48. The minimum atomic E-state index is -2.97. The van der Waals surface area contributed by atoms with Crippen LogP contribution in [0.5, 0.6) is 0 Å². The van der Waals surface area contributed by atoms with Crippen LogP contribution in [-0.4, -0.2) is 48.9 Å². The van der Waals surface area contributed by atoms with Crippen LogP contribution in [0.4, 0.5) is 5.95 Å². The van der Waals surface area contributed by atoms with Crippen molar-refractivity contribution in [3.63, 3.8) is 0 Å². The van der Waals surface area contributed by atoms with Crippen molar-refractivity contribution in [2.24, 2.45) is 0 Å². The molecule has 0 bridgehead atoms. The third-order valence-electron chi connectivity index (χ3n) is 4.51. The molecular weight excluding hydrogens is 352 g/mol. The lowest BCUT2D eigenvalue weighted by Crippen LogP contribution is -2.34. The molecule has 3 rings (SSSR count). The van der Waals surface area contributed by atoms with Gasteiger partial charge in [-0.2, -0.15) is 0 Å². The van der Waals surface area contributed by atoms with Crippen LogP contribution in [0.15, 0.2) is 36.7 Å². The Bertz CT molecular complexity index is 897. The minimum Gasteiger partial charge on any atom is -0.348 e. The number of anilines is 1. The van der Waals surface area contributed by atoms with Gasteiger partial charge >= 0.3 is 0 Å². The number of rotatable bonds is 5. The summed E-state index contributed by atoms with van der Waals surface area (Å²) in [5.41, 5.74) is 2.54. The van der Waals surface area contributed by atoms with Crippen LogP contribution in [0, 0.1) is 6.92 Å². The Morgan fingerprint density at radius 2 is 2.04 bits per heavy atom. The van der Waals surface area contributed by atoms with Gasteiger partial charge in [0.1, 0.15) is 0 Å². The normalized spacial score (nSPS) is 18.5. The maximum absolute atomic E-state index is 12.2. The van der Waals surface area contributed by atoms with E-state index in [4.69, 9.17) is 0 Å². The Morgan fingerprint density at radius 1 is 1.31 bits per heavy atom. The number of carbonyl (C=O) groups excluding carboxylic acids is 1. The van der Waals surface area contributed by atoms with Crippen LogP contribution in [-0.2, 0) is 16.4 Å². The molecule has 0 spiro atoms. The lowest BCUT2D eigenvalue weighted by atomic mass is 10.1. The largest absolute Gasteiger partial charge is 0.348 e. The molecule has 1 aromatic heterocycles. The SMILES string of the molecule is Cc1cccc(CNC(=O)c2cnc(N(C)C3CCS(=O)(=O)C3)nc2)c1. The summed E-state index contributed by atoms with van der Waals surface area (Å²) in [6.07, 6.45) is 3.50. The molecule has 1 saturated heterocycles. The van der Waals surface area contributed by atoms with Gasteiger partial charge < -0.3 is 10.2 Å². The highest BCUT2D eigenvalue weighted by atomic mass is 32.2. The number of nitrogens with one attached hydrogen (secondary N) is 1. The molecule has 138 valence electrons. The predicted molar refractivity (Wildman–Crippen MR) is 99.8 cm³/mol. The molecular formula is C18H22N4O3S. The number of hydrogen-bond donors (Lipinski definition) is 1. The summed E-state index contributed by atoms with van der Waals surface area (Å²) >= 11 is 0. The lowest BCUT2D eigenvalue weighted by Gasteiger charge is -2.23. The number of aryl methyl sites for hydroxylation is 1. The third-order valence-corrected chi connectivity index (χ3v) is 6.26. The molecule has 26 heavy (non-hydrogen) atoms.